The molecule has 3 aromatic rings. The lowest BCUT2D eigenvalue weighted by atomic mass is 9.77. The third-order valence-corrected chi connectivity index (χ3v) is 6.78. The number of methoxy groups -OCH3 is 1. The summed E-state index contributed by atoms with van der Waals surface area (Å²) in [6, 6.07) is 6.95. The van der Waals surface area contributed by atoms with Crippen LogP contribution in [0.4, 0.5) is 19.0 Å². The molecule has 0 radical (unpaired) electrons. The fourth-order valence-corrected chi connectivity index (χ4v) is 4.08. The van der Waals surface area contributed by atoms with Gasteiger partial charge < -0.3 is 19.4 Å². The number of aryl methyl sites for hydroxylation is 1. The Balaban J connectivity index is 1.75. The Morgan fingerprint density at radius 2 is 1.66 bits per heavy atom. The monoisotopic (exact) mass is 487 g/mol. The van der Waals surface area contributed by atoms with Crippen LogP contribution in [0.2, 0.25) is 0 Å². The van der Waals surface area contributed by atoms with Gasteiger partial charge in [-0.3, -0.25) is 0 Å². The minimum absolute atomic E-state index is 0.119. The SMILES string of the molecule is COc1cc2c(N[C@H](C)c3cccc(C(F)F)c3F)nc(C)nc2cc1B1OC(C)(C)C(C)(C)O1. The first-order valence-corrected chi connectivity index (χ1v) is 11.4. The van der Waals surface area contributed by atoms with Crippen molar-refractivity contribution < 1.29 is 27.2 Å². The van der Waals surface area contributed by atoms with Crippen molar-refractivity contribution in [3.05, 3.63) is 53.1 Å². The number of benzene rings is 2. The van der Waals surface area contributed by atoms with Gasteiger partial charge in [-0.1, -0.05) is 18.2 Å². The Morgan fingerprint density at radius 1 is 1.03 bits per heavy atom. The average molecular weight is 487 g/mol. The first kappa shape index (κ1) is 25.3. The van der Waals surface area contributed by atoms with Crippen LogP contribution in [0, 0.1) is 12.7 Å². The Kier molecular flexibility index (Phi) is 6.48. The molecule has 1 N–H and O–H groups in total. The molecule has 4 rings (SSSR count). The Labute approximate surface area is 203 Å². The molecule has 2 heterocycles. The Morgan fingerprint density at radius 3 is 2.26 bits per heavy atom. The summed E-state index contributed by atoms with van der Waals surface area (Å²) >= 11 is 0. The summed E-state index contributed by atoms with van der Waals surface area (Å²) < 4.78 is 59.2. The Hall–Kier alpha value is -2.85. The van der Waals surface area contributed by atoms with E-state index in [2.05, 4.69) is 15.3 Å². The molecule has 1 atom stereocenters. The van der Waals surface area contributed by atoms with Crippen LogP contribution in [0.25, 0.3) is 10.9 Å². The first-order chi connectivity index (χ1) is 16.3. The zero-order valence-corrected chi connectivity index (χ0v) is 20.9. The van der Waals surface area contributed by atoms with Gasteiger partial charge >= 0.3 is 7.12 Å². The summed E-state index contributed by atoms with van der Waals surface area (Å²) in [7, 11) is 0.891. The maximum atomic E-state index is 14.7. The van der Waals surface area contributed by atoms with E-state index in [4.69, 9.17) is 14.0 Å². The van der Waals surface area contributed by atoms with Gasteiger partial charge in [-0.25, -0.2) is 23.1 Å². The van der Waals surface area contributed by atoms with Gasteiger partial charge in [-0.2, -0.15) is 0 Å². The molecule has 1 aliphatic heterocycles. The number of hydrogen-bond acceptors (Lipinski definition) is 6. The highest BCUT2D eigenvalue weighted by atomic mass is 19.3. The normalized spacial score (nSPS) is 17.7. The molecule has 1 aliphatic rings. The van der Waals surface area contributed by atoms with Gasteiger partial charge in [-0.15, -0.1) is 0 Å². The van der Waals surface area contributed by atoms with Gasteiger partial charge in [-0.05, 0) is 53.7 Å². The van der Waals surface area contributed by atoms with E-state index in [1.165, 1.54) is 12.1 Å². The fourth-order valence-electron chi connectivity index (χ4n) is 4.08. The van der Waals surface area contributed by atoms with E-state index in [0.717, 1.165) is 6.07 Å². The average Bonchev–Trinajstić information content (AvgIpc) is 2.99. The number of fused-ring (bicyclic) bond motifs is 1. The van der Waals surface area contributed by atoms with Crippen LogP contribution in [0.15, 0.2) is 30.3 Å². The molecule has 0 amide bonds. The first-order valence-electron chi connectivity index (χ1n) is 11.4. The summed E-state index contributed by atoms with van der Waals surface area (Å²) in [6.07, 6.45) is -2.90. The maximum absolute atomic E-state index is 14.7. The van der Waals surface area contributed by atoms with Gasteiger partial charge in [0.15, 0.2) is 0 Å². The van der Waals surface area contributed by atoms with Crippen LogP contribution in [0.3, 0.4) is 0 Å². The van der Waals surface area contributed by atoms with E-state index in [0.29, 0.717) is 33.8 Å². The van der Waals surface area contributed by atoms with Gasteiger partial charge in [0.05, 0.1) is 35.4 Å². The van der Waals surface area contributed by atoms with E-state index in [1.54, 1.807) is 27.0 Å². The highest BCUT2D eigenvalue weighted by Gasteiger charge is 2.52. The van der Waals surface area contributed by atoms with Crippen LogP contribution in [0.1, 0.15) is 64.0 Å². The summed E-state index contributed by atoms with van der Waals surface area (Å²) in [6.45, 7) is 11.3. The van der Waals surface area contributed by atoms with Crippen molar-refractivity contribution in [1.82, 2.24) is 9.97 Å². The second-order valence-corrected chi connectivity index (χ2v) is 9.74. The van der Waals surface area contributed by atoms with Gasteiger partial charge in [0.1, 0.15) is 23.2 Å². The largest absolute Gasteiger partial charge is 0.498 e. The smallest absolute Gasteiger partial charge is 0.497 e. The van der Waals surface area contributed by atoms with E-state index >= 15 is 0 Å². The van der Waals surface area contributed by atoms with Crippen molar-refractivity contribution in [2.24, 2.45) is 0 Å². The summed E-state index contributed by atoms with van der Waals surface area (Å²) in [5, 5.41) is 3.79. The van der Waals surface area contributed by atoms with Gasteiger partial charge in [0.25, 0.3) is 6.43 Å². The van der Waals surface area contributed by atoms with Gasteiger partial charge in [0.2, 0.25) is 0 Å². The molecular formula is C25H29BF3N3O3. The summed E-state index contributed by atoms with van der Waals surface area (Å²) in [5.41, 5.74) is -0.274. The van der Waals surface area contributed by atoms with Crippen molar-refractivity contribution >= 4 is 29.3 Å². The molecule has 0 unspecified atom stereocenters. The molecule has 35 heavy (non-hydrogen) atoms. The number of anilines is 1. The summed E-state index contributed by atoms with van der Waals surface area (Å²) in [5.74, 6) is 0.503. The van der Waals surface area contributed by atoms with Crippen molar-refractivity contribution in [2.45, 2.75) is 65.2 Å². The molecule has 0 spiro atoms. The van der Waals surface area contributed by atoms with Crippen molar-refractivity contribution in [3.63, 3.8) is 0 Å². The molecule has 6 nitrogen and oxygen atoms in total. The second kappa shape index (κ2) is 8.98. The molecule has 1 saturated heterocycles. The predicted molar refractivity (Wildman–Crippen MR) is 130 cm³/mol. The molecule has 1 fully saturated rings. The second-order valence-electron chi connectivity index (χ2n) is 9.74. The Bertz CT molecular complexity index is 1250. The lowest BCUT2D eigenvalue weighted by molar-refractivity contribution is 0.00578. The standard InChI is InChI=1S/C25H29BF3N3O3/c1-13(15-9-8-10-16(21(15)27)22(28)29)30-23-17-11-20(33-7)18(12-19(17)31-14(2)32-23)26-34-24(3,4)25(5,6)35-26/h8-13,22H,1-7H3,(H,30,31,32)/t13-/m1/s1. The summed E-state index contributed by atoms with van der Waals surface area (Å²) in [4.78, 5) is 9.05. The molecule has 186 valence electrons. The fraction of sp³-hybridized carbons (Fsp3) is 0.440. The maximum Gasteiger partial charge on any atom is 0.498 e. The highest BCUT2D eigenvalue weighted by molar-refractivity contribution is 6.63. The third kappa shape index (κ3) is 4.57. The van der Waals surface area contributed by atoms with E-state index in [1.807, 2.05) is 33.8 Å². The predicted octanol–water partition coefficient (Wildman–Crippen LogP) is 5.50. The van der Waals surface area contributed by atoms with Crippen molar-refractivity contribution in [3.8, 4) is 5.75 Å². The molecule has 2 aromatic carbocycles. The zero-order chi connectivity index (χ0) is 25.7. The van der Waals surface area contributed by atoms with Crippen LogP contribution in [0.5, 0.6) is 5.75 Å². The molecule has 10 heteroatoms. The molecule has 0 bridgehead atoms. The van der Waals surface area contributed by atoms with Crippen LogP contribution < -0.4 is 15.5 Å². The number of nitrogens with zero attached hydrogens (tertiary/aromatic N) is 2. The number of alkyl halides is 2. The number of nitrogens with one attached hydrogen (secondary N) is 1. The topological polar surface area (TPSA) is 65.5 Å². The zero-order valence-electron chi connectivity index (χ0n) is 20.9. The molecule has 1 aromatic heterocycles. The van der Waals surface area contributed by atoms with E-state index in [-0.39, 0.29) is 5.56 Å². The van der Waals surface area contributed by atoms with Crippen molar-refractivity contribution in [2.75, 3.05) is 12.4 Å². The lowest BCUT2D eigenvalue weighted by Gasteiger charge is -2.32. The number of halogens is 3. The number of aromatic nitrogens is 2. The van der Waals surface area contributed by atoms with Crippen LogP contribution in [-0.4, -0.2) is 35.4 Å². The van der Waals surface area contributed by atoms with E-state index < -0.39 is 42.2 Å². The van der Waals surface area contributed by atoms with Gasteiger partial charge in [0, 0.05) is 16.4 Å². The number of rotatable bonds is 6. The molecule has 0 saturated carbocycles. The van der Waals surface area contributed by atoms with Crippen LogP contribution >= 0.6 is 0 Å². The molecular weight excluding hydrogens is 458 g/mol. The third-order valence-electron chi connectivity index (χ3n) is 6.78. The van der Waals surface area contributed by atoms with Crippen LogP contribution in [-0.2, 0) is 9.31 Å². The molecule has 0 aliphatic carbocycles. The highest BCUT2D eigenvalue weighted by Crippen LogP contribution is 2.38. The number of hydrogen-bond donors (Lipinski definition) is 1. The minimum Gasteiger partial charge on any atom is -0.497 e. The minimum atomic E-state index is -2.90. The quantitative estimate of drug-likeness (QED) is 0.464. The van der Waals surface area contributed by atoms with Crippen molar-refractivity contribution in [1.29, 1.82) is 0 Å². The number of ether oxygens (including phenoxy) is 1. The lowest BCUT2D eigenvalue weighted by Crippen LogP contribution is -2.41. The van der Waals surface area contributed by atoms with E-state index in [9.17, 15) is 13.2 Å².